The van der Waals surface area contributed by atoms with Crippen molar-refractivity contribution in [1.82, 2.24) is 4.90 Å². The van der Waals surface area contributed by atoms with Gasteiger partial charge in [-0.1, -0.05) is 59.1 Å². The zero-order valence-electron chi connectivity index (χ0n) is 10.8. The number of alkyl halides is 1. The molecule has 0 spiro atoms. The Hall–Kier alpha value is -1.16. The average molecular weight is 324 g/mol. The first-order chi connectivity index (χ1) is 9.22. The number of carbonyl (C=O) groups excluding carboxylic acids is 2. The van der Waals surface area contributed by atoms with Crippen molar-refractivity contribution in [3.63, 3.8) is 0 Å². The minimum Gasteiger partial charge on any atom is -0.334 e. The summed E-state index contributed by atoms with van der Waals surface area (Å²) in [5.74, 6) is -0.120. The Morgan fingerprint density at radius 3 is 2.53 bits per heavy atom. The molecule has 1 amide bonds. The molecule has 0 aromatic heterocycles. The number of halogens is 1. The van der Waals surface area contributed by atoms with Crippen LogP contribution in [0, 0.1) is 0 Å². The molecule has 2 rings (SSSR count). The highest BCUT2D eigenvalue weighted by Gasteiger charge is 2.30. The molecule has 1 saturated carbocycles. The van der Waals surface area contributed by atoms with E-state index in [2.05, 4.69) is 15.9 Å². The number of rotatable bonds is 5. The van der Waals surface area contributed by atoms with Gasteiger partial charge < -0.3 is 9.69 Å². The number of hydrogen-bond acceptors (Lipinski definition) is 2. The van der Waals surface area contributed by atoms with Crippen molar-refractivity contribution in [3.8, 4) is 0 Å². The summed E-state index contributed by atoms with van der Waals surface area (Å²) in [6, 6.07) is 10.2. The highest BCUT2D eigenvalue weighted by Crippen LogP contribution is 2.26. The fraction of sp³-hybridized carbons (Fsp3) is 0.467. The Balaban J connectivity index is 2.14. The maximum atomic E-state index is 12.3. The minimum absolute atomic E-state index is 0.120. The van der Waals surface area contributed by atoms with Gasteiger partial charge in [0.05, 0.1) is 0 Å². The summed E-state index contributed by atoms with van der Waals surface area (Å²) in [7, 11) is 0. The van der Waals surface area contributed by atoms with E-state index in [0.717, 1.165) is 31.2 Å². The van der Waals surface area contributed by atoms with E-state index in [1.165, 1.54) is 0 Å². The van der Waals surface area contributed by atoms with Crippen LogP contribution in [0.2, 0.25) is 0 Å². The summed E-state index contributed by atoms with van der Waals surface area (Å²) in [4.78, 5) is 24.3. The van der Waals surface area contributed by atoms with Gasteiger partial charge in [-0.15, -0.1) is 0 Å². The van der Waals surface area contributed by atoms with Crippen LogP contribution in [0.25, 0.3) is 0 Å². The minimum atomic E-state index is -0.725. The van der Waals surface area contributed by atoms with Gasteiger partial charge in [-0.2, -0.15) is 0 Å². The summed E-state index contributed by atoms with van der Waals surface area (Å²) in [6.07, 6.45) is 5.07. The van der Waals surface area contributed by atoms with Crippen LogP contribution in [-0.2, 0) is 16.1 Å². The van der Waals surface area contributed by atoms with E-state index in [9.17, 15) is 9.59 Å². The maximum absolute atomic E-state index is 12.3. The van der Waals surface area contributed by atoms with Gasteiger partial charge >= 0.3 is 0 Å². The van der Waals surface area contributed by atoms with Crippen LogP contribution in [0.15, 0.2) is 30.3 Å². The van der Waals surface area contributed by atoms with Gasteiger partial charge in [-0.3, -0.25) is 4.79 Å². The van der Waals surface area contributed by atoms with Crippen LogP contribution >= 0.6 is 15.9 Å². The van der Waals surface area contributed by atoms with Crippen molar-refractivity contribution in [2.45, 2.75) is 43.1 Å². The molecule has 1 atom stereocenters. The van der Waals surface area contributed by atoms with Crippen molar-refractivity contribution >= 4 is 28.1 Å². The van der Waals surface area contributed by atoms with Gasteiger partial charge in [0, 0.05) is 12.6 Å². The molecule has 0 heterocycles. The summed E-state index contributed by atoms with van der Waals surface area (Å²) >= 11 is 3.14. The summed E-state index contributed by atoms with van der Waals surface area (Å²) in [5.41, 5.74) is 1.10. The third-order valence-electron chi connectivity index (χ3n) is 3.60. The number of carbonyl (C=O) groups is 2. The molecule has 1 aromatic carbocycles. The topological polar surface area (TPSA) is 37.4 Å². The van der Waals surface area contributed by atoms with Gasteiger partial charge in [0.25, 0.3) is 0 Å². The number of hydrogen-bond donors (Lipinski definition) is 0. The molecule has 0 saturated heterocycles. The van der Waals surface area contributed by atoms with Crippen LogP contribution in [0.1, 0.15) is 31.2 Å². The van der Waals surface area contributed by atoms with E-state index >= 15 is 0 Å². The maximum Gasteiger partial charge on any atom is 0.244 e. The molecule has 3 nitrogen and oxygen atoms in total. The molecular formula is C15H18BrNO2. The highest BCUT2D eigenvalue weighted by atomic mass is 79.9. The molecule has 0 aliphatic heterocycles. The smallest absolute Gasteiger partial charge is 0.244 e. The predicted molar refractivity (Wildman–Crippen MR) is 78.0 cm³/mol. The van der Waals surface area contributed by atoms with Crippen molar-refractivity contribution in [2.75, 3.05) is 0 Å². The van der Waals surface area contributed by atoms with Crippen LogP contribution in [0.4, 0.5) is 0 Å². The van der Waals surface area contributed by atoms with Gasteiger partial charge in [0.15, 0.2) is 0 Å². The Bertz CT molecular complexity index is 429. The Kier molecular flexibility index (Phi) is 5.14. The first-order valence-corrected chi connectivity index (χ1v) is 7.57. The largest absolute Gasteiger partial charge is 0.334 e. The molecule has 0 N–H and O–H groups in total. The van der Waals surface area contributed by atoms with Crippen LogP contribution < -0.4 is 0 Å². The SMILES string of the molecule is O=CC(Br)C(=O)N(Cc1ccccc1)C1CCCC1. The second-order valence-corrected chi connectivity index (χ2v) is 5.91. The predicted octanol–water partition coefficient (Wildman–Crippen LogP) is 2.92. The monoisotopic (exact) mass is 323 g/mol. The molecule has 0 radical (unpaired) electrons. The standard InChI is InChI=1S/C15H18BrNO2/c16-14(11-18)15(19)17(13-8-4-5-9-13)10-12-6-2-1-3-7-12/h1-3,6-7,11,13-14H,4-5,8-10H2. The first kappa shape index (κ1) is 14.3. The lowest BCUT2D eigenvalue weighted by Crippen LogP contribution is -2.42. The lowest BCUT2D eigenvalue weighted by molar-refractivity contribution is -0.134. The third-order valence-corrected chi connectivity index (χ3v) is 4.21. The van der Waals surface area contributed by atoms with Gasteiger partial charge in [-0.05, 0) is 18.4 Å². The van der Waals surface area contributed by atoms with E-state index in [1.54, 1.807) is 0 Å². The molecule has 1 aromatic rings. The Morgan fingerprint density at radius 1 is 1.32 bits per heavy atom. The molecule has 19 heavy (non-hydrogen) atoms. The fourth-order valence-electron chi connectivity index (χ4n) is 2.60. The molecule has 4 heteroatoms. The summed E-state index contributed by atoms with van der Waals surface area (Å²) < 4.78 is 0. The van der Waals surface area contributed by atoms with Crippen LogP contribution in [0.5, 0.6) is 0 Å². The second-order valence-electron chi connectivity index (χ2n) is 4.93. The lowest BCUT2D eigenvalue weighted by Gasteiger charge is -2.30. The number of nitrogens with zero attached hydrogens (tertiary/aromatic N) is 1. The highest BCUT2D eigenvalue weighted by molar-refractivity contribution is 9.10. The van der Waals surface area contributed by atoms with Crippen molar-refractivity contribution in [1.29, 1.82) is 0 Å². The third kappa shape index (κ3) is 3.66. The molecular weight excluding hydrogens is 306 g/mol. The van der Waals surface area contributed by atoms with Crippen LogP contribution in [0.3, 0.4) is 0 Å². The molecule has 1 unspecified atom stereocenters. The van der Waals surface area contributed by atoms with Gasteiger partial charge in [0.2, 0.25) is 5.91 Å². The lowest BCUT2D eigenvalue weighted by atomic mass is 10.1. The van der Waals surface area contributed by atoms with E-state index in [0.29, 0.717) is 12.8 Å². The normalized spacial score (nSPS) is 17.1. The zero-order chi connectivity index (χ0) is 13.7. The summed E-state index contributed by atoms with van der Waals surface area (Å²) in [5, 5.41) is 0. The fourth-order valence-corrected chi connectivity index (χ4v) is 2.86. The first-order valence-electron chi connectivity index (χ1n) is 6.66. The number of aldehydes is 1. The van der Waals surface area contributed by atoms with Gasteiger partial charge in [-0.25, -0.2) is 0 Å². The molecule has 1 aliphatic carbocycles. The second kappa shape index (κ2) is 6.85. The van der Waals surface area contributed by atoms with Crippen molar-refractivity contribution < 1.29 is 9.59 Å². The van der Waals surface area contributed by atoms with E-state index in [4.69, 9.17) is 0 Å². The van der Waals surface area contributed by atoms with E-state index in [-0.39, 0.29) is 11.9 Å². The zero-order valence-corrected chi connectivity index (χ0v) is 12.4. The average Bonchev–Trinajstić information content (AvgIpc) is 2.98. The molecule has 1 fully saturated rings. The number of benzene rings is 1. The number of amides is 1. The van der Waals surface area contributed by atoms with Crippen molar-refractivity contribution in [3.05, 3.63) is 35.9 Å². The molecule has 0 bridgehead atoms. The van der Waals surface area contributed by atoms with Gasteiger partial charge in [0.1, 0.15) is 11.1 Å². The van der Waals surface area contributed by atoms with Crippen LogP contribution in [-0.4, -0.2) is 28.0 Å². The summed E-state index contributed by atoms with van der Waals surface area (Å²) in [6.45, 7) is 0.584. The Labute approximate surface area is 122 Å². The Morgan fingerprint density at radius 2 is 1.95 bits per heavy atom. The quantitative estimate of drug-likeness (QED) is 0.474. The molecule has 1 aliphatic rings. The van der Waals surface area contributed by atoms with E-state index < -0.39 is 4.83 Å². The van der Waals surface area contributed by atoms with E-state index in [1.807, 2.05) is 35.2 Å². The molecule has 102 valence electrons. The van der Waals surface area contributed by atoms with Crippen molar-refractivity contribution in [2.24, 2.45) is 0 Å².